The minimum absolute atomic E-state index is 0.0123. The van der Waals surface area contributed by atoms with Gasteiger partial charge in [0.05, 0.1) is 16.1 Å². The SMILES string of the molecule is CC(=O)C1CC(Sc2cc(C(=O)Nc3ccc(F)c(F)c3)ccc2F)C1.CCCCSc1cccc(C(=O)Nc2ccc(F)c(Cl)c2)c1.O=C(Nc1cc(F)c(F)c(F)c1)c1ccc(F)c(SC2CCC(C(=O)N3CCCCC3)CC2)c1.O=C(Nc1ccc(F)c(Cl)c1)c1cccc(SC2CCCC[C@@H](O)C2)c1. The molecular formula is C81H80Cl2F9N5O7S4. The number of hydrogen-bond donors (Lipinski definition) is 5. The highest BCUT2D eigenvalue weighted by atomic mass is 35.5. The van der Waals surface area contributed by atoms with Crippen LogP contribution in [0.5, 0.6) is 0 Å². The molecule has 0 radical (unpaired) electrons. The summed E-state index contributed by atoms with van der Waals surface area (Å²) in [6.45, 7) is 5.38. The van der Waals surface area contributed by atoms with E-state index in [0.29, 0.717) is 62.5 Å². The van der Waals surface area contributed by atoms with Crippen LogP contribution in [0.3, 0.4) is 0 Å². The molecule has 2 atom stereocenters. The maximum atomic E-state index is 14.5. The van der Waals surface area contributed by atoms with Crippen LogP contribution in [0.4, 0.5) is 62.3 Å². The van der Waals surface area contributed by atoms with E-state index in [1.165, 1.54) is 109 Å². The third kappa shape index (κ3) is 25.3. The predicted octanol–water partition coefficient (Wildman–Crippen LogP) is 22.1. The van der Waals surface area contributed by atoms with Gasteiger partial charge in [-0.1, -0.05) is 61.5 Å². The van der Waals surface area contributed by atoms with E-state index in [9.17, 15) is 73.4 Å². The highest BCUT2D eigenvalue weighted by Crippen LogP contribution is 2.43. The Bertz CT molecular complexity index is 4470. The molecule has 5 N–H and O–H groups in total. The second kappa shape index (κ2) is 41.2. The van der Waals surface area contributed by atoms with Gasteiger partial charge in [-0.2, -0.15) is 0 Å². The fourth-order valence-corrected chi connectivity index (χ4v) is 17.5. The molecule has 0 bridgehead atoms. The molecule has 12 rings (SSSR count). The monoisotopic (exact) mass is 1600 g/mol. The Kier molecular flexibility index (Phi) is 32.1. The largest absolute Gasteiger partial charge is 0.393 e. The first-order chi connectivity index (χ1) is 51.7. The highest BCUT2D eigenvalue weighted by molar-refractivity contribution is 8.00. The number of ketones is 1. The highest BCUT2D eigenvalue weighted by Gasteiger charge is 2.34. The van der Waals surface area contributed by atoms with Crippen LogP contribution in [-0.2, 0) is 9.59 Å². The molecule has 3 aliphatic carbocycles. The smallest absolute Gasteiger partial charge is 0.255 e. The van der Waals surface area contributed by atoms with E-state index in [1.807, 2.05) is 41.3 Å². The normalized spacial score (nSPS) is 18.1. The number of unbranched alkanes of at least 4 members (excludes halogenated alkanes) is 1. The van der Waals surface area contributed by atoms with Crippen molar-refractivity contribution in [2.45, 2.75) is 158 Å². The number of piperidine rings is 1. The number of halogens is 11. The van der Waals surface area contributed by atoms with Crippen LogP contribution < -0.4 is 21.3 Å². The molecule has 1 saturated heterocycles. The number of amides is 5. The molecule has 8 aromatic carbocycles. The second-order valence-electron chi connectivity index (χ2n) is 26.4. The maximum Gasteiger partial charge on any atom is 0.255 e. The molecule has 1 heterocycles. The first kappa shape index (κ1) is 84.1. The van der Waals surface area contributed by atoms with Crippen LogP contribution in [-0.4, -0.2) is 86.0 Å². The second-order valence-corrected chi connectivity index (χ2v) is 32.5. The lowest BCUT2D eigenvalue weighted by Crippen LogP contribution is -2.41. The summed E-state index contributed by atoms with van der Waals surface area (Å²) in [7, 11) is 0. The number of Topliss-reactive ketones (excluding diaryl/α,β-unsaturated/α-hetero) is 1. The summed E-state index contributed by atoms with van der Waals surface area (Å²) in [5, 5.41) is 20.8. The number of aliphatic hydroxyl groups excluding tert-OH is 1. The van der Waals surface area contributed by atoms with Crippen molar-refractivity contribution in [2.75, 3.05) is 40.1 Å². The molecule has 27 heteroatoms. The molecule has 3 saturated carbocycles. The van der Waals surface area contributed by atoms with Crippen LogP contribution in [0.25, 0.3) is 0 Å². The lowest BCUT2D eigenvalue weighted by molar-refractivity contribution is -0.137. The molecule has 12 nitrogen and oxygen atoms in total. The zero-order valence-corrected chi connectivity index (χ0v) is 63.7. The number of nitrogens with zero attached hydrogens (tertiary/aromatic N) is 1. The number of thioether (sulfide) groups is 4. The summed E-state index contributed by atoms with van der Waals surface area (Å²) in [4.78, 5) is 78.2. The van der Waals surface area contributed by atoms with Crippen LogP contribution in [0.1, 0.15) is 158 Å². The number of nitrogens with one attached hydrogen (secondary N) is 4. The number of likely N-dealkylation sites (tertiary alicyclic amines) is 1. The van der Waals surface area contributed by atoms with Gasteiger partial charge in [0.25, 0.3) is 23.6 Å². The summed E-state index contributed by atoms with van der Waals surface area (Å²) in [5.74, 6) is -8.72. The molecule has 0 spiro atoms. The fourth-order valence-electron chi connectivity index (χ4n) is 12.1. The average molecular weight is 1610 g/mol. The number of aliphatic hydroxyl groups is 1. The van der Waals surface area contributed by atoms with Gasteiger partial charge in [-0.05, 0) is 217 Å². The number of rotatable bonds is 20. The van der Waals surface area contributed by atoms with E-state index >= 15 is 0 Å². The van der Waals surface area contributed by atoms with Gasteiger partial charge in [0, 0.05) is 123 Å². The van der Waals surface area contributed by atoms with Gasteiger partial charge in [0.1, 0.15) is 29.1 Å². The Morgan fingerprint density at radius 1 is 0.435 bits per heavy atom. The van der Waals surface area contributed by atoms with E-state index in [2.05, 4.69) is 28.2 Å². The lowest BCUT2D eigenvalue weighted by atomic mass is 9.82. The zero-order chi connectivity index (χ0) is 77.6. The third-order valence-electron chi connectivity index (χ3n) is 18.2. The predicted molar refractivity (Wildman–Crippen MR) is 412 cm³/mol. The number of carbonyl (C=O) groups is 6. The lowest BCUT2D eigenvalue weighted by Gasteiger charge is -2.33. The van der Waals surface area contributed by atoms with Crippen LogP contribution in [0, 0.1) is 64.2 Å². The van der Waals surface area contributed by atoms with Crippen molar-refractivity contribution >= 4 is 128 Å². The van der Waals surface area contributed by atoms with Crippen molar-refractivity contribution in [1.29, 1.82) is 0 Å². The van der Waals surface area contributed by atoms with Crippen LogP contribution >= 0.6 is 70.2 Å². The van der Waals surface area contributed by atoms with Crippen molar-refractivity contribution < 1.29 is 73.4 Å². The Morgan fingerprint density at radius 3 is 1.42 bits per heavy atom. The molecule has 572 valence electrons. The van der Waals surface area contributed by atoms with Crippen molar-refractivity contribution in [3.05, 3.63) is 236 Å². The molecule has 1 unspecified atom stereocenters. The van der Waals surface area contributed by atoms with Gasteiger partial charge in [-0.3, -0.25) is 28.8 Å². The van der Waals surface area contributed by atoms with Gasteiger partial charge < -0.3 is 31.3 Å². The van der Waals surface area contributed by atoms with Crippen molar-refractivity contribution in [3.8, 4) is 0 Å². The third-order valence-corrected chi connectivity index (χ3v) is 23.8. The van der Waals surface area contributed by atoms with Crippen LogP contribution in [0.15, 0.2) is 171 Å². The topological polar surface area (TPSA) is 174 Å². The summed E-state index contributed by atoms with van der Waals surface area (Å²) >= 11 is 17.6. The van der Waals surface area contributed by atoms with Crippen molar-refractivity contribution in [3.63, 3.8) is 0 Å². The van der Waals surface area contributed by atoms with Gasteiger partial charge in [0.15, 0.2) is 29.1 Å². The van der Waals surface area contributed by atoms with Gasteiger partial charge in [0.2, 0.25) is 5.91 Å². The molecule has 0 aromatic heterocycles. The Hall–Kier alpha value is -7.91. The van der Waals surface area contributed by atoms with E-state index in [1.54, 1.807) is 42.6 Å². The molecule has 5 amide bonds. The van der Waals surface area contributed by atoms with Crippen molar-refractivity contribution in [1.82, 2.24) is 4.90 Å². The summed E-state index contributed by atoms with van der Waals surface area (Å²) in [5.41, 5.74) is 2.22. The number of hydrogen-bond acceptors (Lipinski definition) is 11. The molecular weight excluding hydrogens is 1530 g/mol. The Labute approximate surface area is 648 Å². The minimum Gasteiger partial charge on any atom is -0.393 e. The van der Waals surface area contributed by atoms with E-state index in [0.717, 1.165) is 124 Å². The summed E-state index contributed by atoms with van der Waals surface area (Å²) in [6.07, 6.45) is 14.8. The standard InChI is InChI=1S/C25H26F4N2O2S.C20H21ClFNO2S.C19H16F3NO2S.C17H17ClFNOS/c26-19-9-6-16(24(32)30-17-13-20(27)23(29)21(28)14-17)12-22(19)34-18-7-4-15(5-8-18)25(33)31-10-2-1-3-11-31;21-18-11-14(8-9-19(18)22)23-20(25)13-4-3-7-16(10-13)26-17-6-2-1-5-15(24)12-17;1-10(24)12-6-14(7-12)26-18-8-11(2-4-16(18)21)19(25)23-13-3-5-15(20)17(22)9-13;1-2-3-9-22-14-6-4-5-12(10-14)17(21)20-13-7-8-16(19)15(18)11-13/h6,9,12-15,18H,1-5,7-8,10-11H2,(H,30,32);3-4,7-11,15,17,24H,1-2,5-6,12H2,(H,23,25);2-5,8-9,12,14H,6-7H2,1H3,(H,23,25);4-8,10-11H,2-3,9H2,1H3,(H,20,21)/t;15-,17?;;/m.1../s1. The van der Waals surface area contributed by atoms with E-state index < -0.39 is 64.2 Å². The quantitative estimate of drug-likeness (QED) is 0.0162. The molecule has 4 fully saturated rings. The number of anilines is 4. The maximum absolute atomic E-state index is 14.5. The first-order valence-corrected chi connectivity index (χ1v) is 39.8. The molecule has 1 aliphatic heterocycles. The first-order valence-electron chi connectivity index (χ1n) is 35.4. The molecule has 4 aliphatic rings. The summed E-state index contributed by atoms with van der Waals surface area (Å²) in [6, 6.07) is 35.3. The van der Waals surface area contributed by atoms with E-state index in [-0.39, 0.29) is 84.5 Å². The fraction of sp³-hybridized carbons (Fsp3) is 0.333. The Morgan fingerprint density at radius 2 is 0.898 bits per heavy atom. The average Bonchev–Trinajstić information content (AvgIpc) is 0.942. The van der Waals surface area contributed by atoms with Gasteiger partial charge in [-0.25, -0.2) is 39.5 Å². The van der Waals surface area contributed by atoms with E-state index in [4.69, 9.17) is 23.2 Å². The Balaban J connectivity index is 0.000000168. The van der Waals surface area contributed by atoms with Gasteiger partial charge in [-0.15, -0.1) is 47.0 Å². The number of benzene rings is 8. The number of carbonyl (C=O) groups excluding carboxylic acids is 6. The summed E-state index contributed by atoms with van der Waals surface area (Å²) < 4.78 is 121. The van der Waals surface area contributed by atoms with Gasteiger partial charge >= 0.3 is 0 Å². The van der Waals surface area contributed by atoms with Crippen LogP contribution in [0.2, 0.25) is 10.0 Å². The van der Waals surface area contributed by atoms with Crippen molar-refractivity contribution in [2.24, 2.45) is 11.8 Å². The zero-order valence-electron chi connectivity index (χ0n) is 59.0. The molecule has 8 aromatic rings. The minimum atomic E-state index is -1.62. The molecule has 108 heavy (non-hydrogen) atoms.